The average molecular weight is 354 g/mol. The zero-order valence-electron chi connectivity index (χ0n) is 11.3. The Labute approximate surface area is 132 Å². The number of halogens is 3. The molecule has 1 aliphatic rings. The maximum absolute atomic E-state index is 14.0. The molecule has 0 aliphatic carbocycles. The third-order valence-electron chi connectivity index (χ3n) is 3.62. The van der Waals surface area contributed by atoms with Gasteiger partial charge in [0, 0.05) is 23.3 Å². The highest BCUT2D eigenvalue weighted by atomic mass is 35.7. The lowest BCUT2D eigenvalue weighted by Gasteiger charge is -2.24. The molecule has 1 aromatic carbocycles. The van der Waals surface area contributed by atoms with E-state index < -0.39 is 25.7 Å². The molecule has 116 valence electrons. The summed E-state index contributed by atoms with van der Waals surface area (Å²) < 4.78 is 36.8. The molecule has 8 heteroatoms. The van der Waals surface area contributed by atoms with E-state index in [2.05, 4.69) is 0 Å². The Balaban J connectivity index is 2.46. The number of hydrogen-bond acceptors (Lipinski definition) is 3. The summed E-state index contributed by atoms with van der Waals surface area (Å²) in [5.41, 5.74) is -0.320. The number of hydrogen-bond donors (Lipinski definition) is 0. The smallest absolute Gasteiger partial charge is 0.262 e. The van der Waals surface area contributed by atoms with Gasteiger partial charge in [0.2, 0.25) is 0 Å². The fourth-order valence-electron chi connectivity index (χ4n) is 2.56. The zero-order valence-corrected chi connectivity index (χ0v) is 13.6. The van der Waals surface area contributed by atoms with Gasteiger partial charge in [-0.15, -0.1) is 0 Å². The lowest BCUT2D eigenvalue weighted by atomic mass is 10.1. The predicted octanol–water partition coefficient (Wildman–Crippen LogP) is 3.42. The van der Waals surface area contributed by atoms with Crippen LogP contribution < -0.4 is 0 Å². The minimum absolute atomic E-state index is 0.0450. The van der Waals surface area contributed by atoms with Crippen molar-refractivity contribution in [3.63, 3.8) is 0 Å². The largest absolute Gasteiger partial charge is 0.336 e. The van der Waals surface area contributed by atoms with E-state index in [1.54, 1.807) is 4.90 Å². The standard InChI is InChI=1S/C13H14Cl2FNO3S/c1-2-8-4-3-5-17(8)13(18)9-6-12(21(15,19)20)10(14)7-11(9)16/h6-8H,2-5H2,1H3. The monoisotopic (exact) mass is 353 g/mol. The Morgan fingerprint density at radius 2 is 2.14 bits per heavy atom. The molecule has 1 atom stereocenters. The molecule has 0 aromatic heterocycles. The Kier molecular flexibility index (Phi) is 4.80. The molecule has 0 N–H and O–H groups in total. The number of carbonyl (C=O) groups excluding carboxylic acids is 1. The van der Waals surface area contributed by atoms with Gasteiger partial charge < -0.3 is 4.90 Å². The van der Waals surface area contributed by atoms with Crippen molar-refractivity contribution in [2.45, 2.75) is 37.1 Å². The summed E-state index contributed by atoms with van der Waals surface area (Å²) in [7, 11) is 1.10. The van der Waals surface area contributed by atoms with E-state index in [1.807, 2.05) is 6.92 Å². The maximum atomic E-state index is 14.0. The highest BCUT2D eigenvalue weighted by Crippen LogP contribution is 2.30. The molecular weight excluding hydrogens is 340 g/mol. The first-order valence-corrected chi connectivity index (χ1v) is 9.19. The van der Waals surface area contributed by atoms with E-state index >= 15 is 0 Å². The number of rotatable bonds is 3. The van der Waals surface area contributed by atoms with Gasteiger partial charge in [-0.05, 0) is 31.4 Å². The number of amides is 1. The van der Waals surface area contributed by atoms with E-state index in [0.29, 0.717) is 6.54 Å². The van der Waals surface area contributed by atoms with E-state index in [-0.39, 0.29) is 16.6 Å². The molecule has 1 saturated heterocycles. The normalized spacial score (nSPS) is 19.0. The van der Waals surface area contributed by atoms with Gasteiger partial charge in [0.1, 0.15) is 10.7 Å². The van der Waals surface area contributed by atoms with E-state index in [9.17, 15) is 17.6 Å². The van der Waals surface area contributed by atoms with Gasteiger partial charge in [0.25, 0.3) is 15.0 Å². The predicted molar refractivity (Wildman–Crippen MR) is 78.8 cm³/mol. The number of carbonyl (C=O) groups is 1. The number of nitrogens with zero attached hydrogens (tertiary/aromatic N) is 1. The molecule has 0 bridgehead atoms. The van der Waals surface area contributed by atoms with Crippen LogP contribution in [0, 0.1) is 5.82 Å². The van der Waals surface area contributed by atoms with Crippen LogP contribution in [-0.4, -0.2) is 31.8 Å². The molecule has 4 nitrogen and oxygen atoms in total. The van der Waals surface area contributed by atoms with Gasteiger partial charge in [0.15, 0.2) is 0 Å². The van der Waals surface area contributed by atoms with Gasteiger partial charge >= 0.3 is 0 Å². The first-order chi connectivity index (χ1) is 9.75. The molecule has 1 heterocycles. The molecule has 0 saturated carbocycles. The van der Waals surface area contributed by atoms with Crippen LogP contribution in [0.15, 0.2) is 17.0 Å². The highest BCUT2D eigenvalue weighted by molar-refractivity contribution is 8.13. The van der Waals surface area contributed by atoms with Crippen molar-refractivity contribution in [2.75, 3.05) is 6.54 Å². The van der Waals surface area contributed by atoms with Crippen molar-refractivity contribution in [2.24, 2.45) is 0 Å². The molecule has 1 amide bonds. The first-order valence-electron chi connectivity index (χ1n) is 6.50. The van der Waals surface area contributed by atoms with Crippen LogP contribution in [-0.2, 0) is 9.05 Å². The minimum Gasteiger partial charge on any atom is -0.336 e. The Hall–Kier alpha value is -0.850. The fourth-order valence-corrected chi connectivity index (χ4v) is 4.07. The topological polar surface area (TPSA) is 54.5 Å². The molecule has 0 spiro atoms. The average Bonchev–Trinajstić information content (AvgIpc) is 2.84. The van der Waals surface area contributed by atoms with Crippen LogP contribution in [0.2, 0.25) is 5.02 Å². The molecule has 1 fully saturated rings. The van der Waals surface area contributed by atoms with Crippen LogP contribution >= 0.6 is 22.3 Å². The molecule has 21 heavy (non-hydrogen) atoms. The first kappa shape index (κ1) is 16.5. The van der Waals surface area contributed by atoms with Crippen LogP contribution in [0.5, 0.6) is 0 Å². The lowest BCUT2D eigenvalue weighted by Crippen LogP contribution is -2.35. The summed E-state index contributed by atoms with van der Waals surface area (Å²) in [6.45, 7) is 2.48. The molecule has 2 rings (SSSR count). The lowest BCUT2D eigenvalue weighted by molar-refractivity contribution is 0.0728. The summed E-state index contributed by atoms with van der Waals surface area (Å²) in [6, 6.07) is 1.76. The van der Waals surface area contributed by atoms with Crippen molar-refractivity contribution >= 4 is 37.2 Å². The SMILES string of the molecule is CCC1CCCN1C(=O)c1cc(S(=O)(=O)Cl)c(Cl)cc1F. The molecule has 1 aliphatic heterocycles. The van der Waals surface area contributed by atoms with E-state index in [0.717, 1.165) is 31.4 Å². The Bertz CT molecular complexity index is 678. The van der Waals surface area contributed by atoms with Crippen molar-refractivity contribution in [1.29, 1.82) is 0 Å². The fraction of sp³-hybridized carbons (Fsp3) is 0.462. The van der Waals surface area contributed by atoms with Crippen LogP contribution in [0.4, 0.5) is 4.39 Å². The number of likely N-dealkylation sites (tertiary alicyclic amines) is 1. The van der Waals surface area contributed by atoms with Crippen molar-refractivity contribution in [3.05, 3.63) is 28.5 Å². The summed E-state index contributed by atoms with van der Waals surface area (Å²) in [5, 5.41) is -0.340. The Morgan fingerprint density at radius 3 is 2.71 bits per heavy atom. The summed E-state index contributed by atoms with van der Waals surface area (Å²) >= 11 is 5.68. The molecule has 1 unspecified atom stereocenters. The second kappa shape index (κ2) is 6.10. The number of benzene rings is 1. The third-order valence-corrected chi connectivity index (χ3v) is 5.41. The second-order valence-electron chi connectivity index (χ2n) is 4.90. The zero-order chi connectivity index (χ0) is 15.8. The van der Waals surface area contributed by atoms with E-state index in [1.165, 1.54) is 0 Å². The molecule has 0 radical (unpaired) electrons. The van der Waals surface area contributed by atoms with Crippen LogP contribution in [0.25, 0.3) is 0 Å². The van der Waals surface area contributed by atoms with Gasteiger partial charge in [-0.25, -0.2) is 12.8 Å². The minimum atomic E-state index is -4.15. The van der Waals surface area contributed by atoms with Gasteiger partial charge in [-0.2, -0.15) is 0 Å². The summed E-state index contributed by atoms with van der Waals surface area (Å²) in [6.07, 6.45) is 2.47. The van der Waals surface area contributed by atoms with Gasteiger partial charge in [-0.3, -0.25) is 4.79 Å². The van der Waals surface area contributed by atoms with Crippen molar-refractivity contribution in [1.82, 2.24) is 4.90 Å². The van der Waals surface area contributed by atoms with Crippen molar-refractivity contribution in [3.8, 4) is 0 Å². The van der Waals surface area contributed by atoms with Gasteiger partial charge in [0.05, 0.1) is 10.6 Å². The summed E-state index contributed by atoms with van der Waals surface area (Å²) in [5.74, 6) is -1.38. The summed E-state index contributed by atoms with van der Waals surface area (Å²) in [4.78, 5) is 13.5. The van der Waals surface area contributed by atoms with Crippen molar-refractivity contribution < 1.29 is 17.6 Å². The second-order valence-corrected chi connectivity index (χ2v) is 7.84. The van der Waals surface area contributed by atoms with Crippen LogP contribution in [0.3, 0.4) is 0 Å². The highest BCUT2D eigenvalue weighted by Gasteiger charge is 2.31. The van der Waals surface area contributed by atoms with Crippen LogP contribution in [0.1, 0.15) is 36.5 Å². The molecule has 1 aromatic rings. The molecular formula is C13H14Cl2FNO3S. The van der Waals surface area contributed by atoms with Gasteiger partial charge in [-0.1, -0.05) is 18.5 Å². The van der Waals surface area contributed by atoms with E-state index in [4.69, 9.17) is 22.3 Å². The Morgan fingerprint density at radius 1 is 1.48 bits per heavy atom. The maximum Gasteiger partial charge on any atom is 0.262 e. The third kappa shape index (κ3) is 3.33. The quantitative estimate of drug-likeness (QED) is 0.782.